The number of Topliss-reactive ketones (excluding diaryl/α,β-unsaturated/α-hetero) is 1. The Balaban J connectivity index is 1.97. The first-order valence-corrected chi connectivity index (χ1v) is 10.5. The Morgan fingerprint density at radius 2 is 2.00 bits per heavy atom. The highest BCUT2D eigenvalue weighted by Crippen LogP contribution is 2.39. The molecular formula is C19H28ClF2N3O5. The van der Waals surface area contributed by atoms with Crippen LogP contribution in [0.3, 0.4) is 0 Å². The number of hydrogen-bond acceptors (Lipinski definition) is 5. The van der Waals surface area contributed by atoms with Crippen LogP contribution in [-0.2, 0) is 19.1 Å². The molecule has 0 spiro atoms. The molecule has 0 aromatic rings. The smallest absolute Gasteiger partial charge is 0.407 e. The fourth-order valence-corrected chi connectivity index (χ4v) is 3.65. The Kier molecular flexibility index (Phi) is 8.40. The minimum Gasteiger partial charge on any atom is -0.446 e. The van der Waals surface area contributed by atoms with Crippen molar-refractivity contribution >= 4 is 35.3 Å². The van der Waals surface area contributed by atoms with Gasteiger partial charge in [-0.15, -0.1) is 11.6 Å². The zero-order chi connectivity index (χ0) is 22.5. The molecule has 30 heavy (non-hydrogen) atoms. The maximum absolute atomic E-state index is 12.9. The standard InChI is InChI=1S/C19H28ClF2N3O5/c1-11(2)5-14(24-18(29)30-13-6-19(21,22)7-13)15(26)10-25(16(27)8-20)9-12-3-4-23-17(12)28/h11-14H,3-10H2,1-2H3,(H,23,28)(H,24,29)/t12-,14-/m0/s1. The minimum absolute atomic E-state index is 0.0325. The highest BCUT2D eigenvalue weighted by Gasteiger charge is 2.47. The Morgan fingerprint density at radius 3 is 2.50 bits per heavy atom. The number of amides is 3. The summed E-state index contributed by atoms with van der Waals surface area (Å²) in [6.07, 6.45) is -2.08. The number of alkyl carbamates (subject to hydrolysis) is 1. The van der Waals surface area contributed by atoms with E-state index >= 15 is 0 Å². The lowest BCUT2D eigenvalue weighted by Gasteiger charge is -2.34. The molecule has 1 aliphatic carbocycles. The number of ketones is 1. The Hall–Kier alpha value is -1.97. The first-order chi connectivity index (χ1) is 14.0. The second-order valence-electron chi connectivity index (χ2n) is 8.27. The van der Waals surface area contributed by atoms with Crippen LogP contribution in [0.25, 0.3) is 0 Å². The number of nitrogens with one attached hydrogen (secondary N) is 2. The summed E-state index contributed by atoms with van der Waals surface area (Å²) in [5.74, 6) is -4.69. The lowest BCUT2D eigenvalue weighted by atomic mass is 9.91. The minimum atomic E-state index is -2.83. The number of nitrogens with zero attached hydrogens (tertiary/aromatic N) is 1. The molecule has 2 atom stereocenters. The summed E-state index contributed by atoms with van der Waals surface area (Å²) in [6.45, 7) is 3.94. The number of hydrogen-bond donors (Lipinski definition) is 2. The van der Waals surface area contributed by atoms with Crippen LogP contribution in [0.5, 0.6) is 0 Å². The summed E-state index contributed by atoms with van der Waals surface area (Å²) in [5, 5.41) is 5.11. The van der Waals surface area contributed by atoms with Gasteiger partial charge in [-0.2, -0.15) is 0 Å². The summed E-state index contributed by atoms with van der Waals surface area (Å²) in [4.78, 5) is 50.1. The van der Waals surface area contributed by atoms with E-state index in [1.807, 2.05) is 13.8 Å². The molecule has 1 heterocycles. The van der Waals surface area contributed by atoms with E-state index in [9.17, 15) is 28.0 Å². The molecule has 0 unspecified atom stereocenters. The molecule has 1 aliphatic heterocycles. The first kappa shape index (κ1) is 24.3. The second-order valence-corrected chi connectivity index (χ2v) is 8.54. The largest absolute Gasteiger partial charge is 0.446 e. The van der Waals surface area contributed by atoms with Crippen LogP contribution in [0.15, 0.2) is 0 Å². The second kappa shape index (κ2) is 10.4. The third-order valence-electron chi connectivity index (χ3n) is 5.13. The van der Waals surface area contributed by atoms with E-state index in [0.29, 0.717) is 13.0 Å². The van der Waals surface area contributed by atoms with Crippen molar-refractivity contribution in [2.45, 2.75) is 57.6 Å². The molecule has 11 heteroatoms. The highest BCUT2D eigenvalue weighted by molar-refractivity contribution is 6.27. The average molecular weight is 452 g/mol. The van der Waals surface area contributed by atoms with Gasteiger partial charge >= 0.3 is 6.09 Å². The first-order valence-electron chi connectivity index (χ1n) is 10.00. The average Bonchev–Trinajstić information content (AvgIpc) is 3.02. The van der Waals surface area contributed by atoms with Gasteiger partial charge in [-0.3, -0.25) is 14.4 Å². The number of ether oxygens (including phenoxy) is 1. The molecule has 2 rings (SSSR count). The Bertz CT molecular complexity index is 669. The van der Waals surface area contributed by atoms with Crippen molar-refractivity contribution in [3.05, 3.63) is 0 Å². The number of carbonyl (C=O) groups is 4. The normalized spacial score (nSPS) is 21.5. The Morgan fingerprint density at radius 1 is 1.33 bits per heavy atom. The summed E-state index contributed by atoms with van der Waals surface area (Å²) < 4.78 is 30.8. The predicted molar refractivity (Wildman–Crippen MR) is 104 cm³/mol. The van der Waals surface area contributed by atoms with Gasteiger partial charge in [0, 0.05) is 25.9 Å². The van der Waals surface area contributed by atoms with Gasteiger partial charge in [-0.25, -0.2) is 13.6 Å². The van der Waals surface area contributed by atoms with E-state index in [1.165, 1.54) is 4.90 Å². The molecule has 2 fully saturated rings. The van der Waals surface area contributed by atoms with Crippen molar-refractivity contribution in [2.75, 3.05) is 25.5 Å². The van der Waals surface area contributed by atoms with Crippen molar-refractivity contribution in [1.82, 2.24) is 15.5 Å². The quantitative estimate of drug-likeness (QED) is 0.492. The molecule has 170 valence electrons. The van der Waals surface area contributed by atoms with E-state index in [2.05, 4.69) is 10.6 Å². The van der Waals surface area contributed by atoms with Crippen LogP contribution < -0.4 is 10.6 Å². The summed E-state index contributed by atoms with van der Waals surface area (Å²) in [5.41, 5.74) is 0. The van der Waals surface area contributed by atoms with Gasteiger partial charge < -0.3 is 20.3 Å². The fraction of sp³-hybridized carbons (Fsp3) is 0.789. The number of alkyl halides is 3. The Labute approximate surface area is 179 Å². The van der Waals surface area contributed by atoms with Crippen molar-refractivity contribution in [3.63, 3.8) is 0 Å². The van der Waals surface area contributed by atoms with Gasteiger partial charge in [-0.1, -0.05) is 13.8 Å². The van der Waals surface area contributed by atoms with Crippen LogP contribution in [-0.4, -0.2) is 72.2 Å². The van der Waals surface area contributed by atoms with Crippen molar-refractivity contribution < 1.29 is 32.7 Å². The SMILES string of the molecule is CC(C)C[C@H](NC(=O)OC1CC(F)(F)C1)C(=O)CN(C[C@@H]1CCNC1=O)C(=O)CCl. The zero-order valence-corrected chi connectivity index (χ0v) is 17.8. The van der Waals surface area contributed by atoms with Crippen LogP contribution in [0.1, 0.15) is 39.5 Å². The molecule has 0 aromatic heterocycles. The maximum atomic E-state index is 12.9. The van der Waals surface area contributed by atoms with Gasteiger partial charge in [0.05, 0.1) is 18.5 Å². The molecule has 2 aliphatic rings. The van der Waals surface area contributed by atoms with Crippen molar-refractivity contribution in [1.29, 1.82) is 0 Å². The summed E-state index contributed by atoms with van der Waals surface area (Å²) in [7, 11) is 0. The number of carbonyl (C=O) groups excluding carboxylic acids is 4. The van der Waals surface area contributed by atoms with E-state index in [1.54, 1.807) is 0 Å². The van der Waals surface area contributed by atoms with E-state index < -0.39 is 54.6 Å². The maximum Gasteiger partial charge on any atom is 0.407 e. The highest BCUT2D eigenvalue weighted by atomic mass is 35.5. The van der Waals surface area contributed by atoms with Gasteiger partial charge in [-0.05, 0) is 18.8 Å². The van der Waals surface area contributed by atoms with E-state index in [-0.39, 0.29) is 37.2 Å². The van der Waals surface area contributed by atoms with Crippen molar-refractivity contribution in [3.8, 4) is 0 Å². The van der Waals surface area contributed by atoms with Crippen LogP contribution in [0.4, 0.5) is 13.6 Å². The molecule has 0 bridgehead atoms. The molecule has 1 saturated carbocycles. The van der Waals surface area contributed by atoms with Crippen molar-refractivity contribution in [2.24, 2.45) is 11.8 Å². The number of rotatable bonds is 10. The van der Waals surface area contributed by atoms with E-state index in [0.717, 1.165) is 0 Å². The van der Waals surface area contributed by atoms with Crippen LogP contribution >= 0.6 is 11.6 Å². The van der Waals surface area contributed by atoms with Gasteiger partial charge in [0.25, 0.3) is 5.92 Å². The molecule has 3 amide bonds. The molecule has 8 nitrogen and oxygen atoms in total. The molecule has 0 radical (unpaired) electrons. The molecule has 2 N–H and O–H groups in total. The molecular weight excluding hydrogens is 424 g/mol. The number of halogens is 3. The van der Waals surface area contributed by atoms with Gasteiger partial charge in [0.15, 0.2) is 5.78 Å². The summed E-state index contributed by atoms with van der Waals surface area (Å²) in [6, 6.07) is -0.957. The summed E-state index contributed by atoms with van der Waals surface area (Å²) >= 11 is 5.65. The molecule has 0 aromatic carbocycles. The lowest BCUT2D eigenvalue weighted by Crippen LogP contribution is -2.51. The van der Waals surface area contributed by atoms with Gasteiger partial charge in [0.2, 0.25) is 11.8 Å². The van der Waals surface area contributed by atoms with Crippen LogP contribution in [0.2, 0.25) is 0 Å². The third-order valence-corrected chi connectivity index (χ3v) is 5.36. The van der Waals surface area contributed by atoms with Crippen LogP contribution in [0, 0.1) is 11.8 Å². The van der Waals surface area contributed by atoms with E-state index in [4.69, 9.17) is 16.3 Å². The predicted octanol–water partition coefficient (Wildman–Crippen LogP) is 1.70. The lowest BCUT2D eigenvalue weighted by molar-refractivity contribution is -0.145. The topological polar surface area (TPSA) is 105 Å². The third kappa shape index (κ3) is 7.07. The monoisotopic (exact) mass is 451 g/mol. The fourth-order valence-electron chi connectivity index (χ4n) is 3.48. The zero-order valence-electron chi connectivity index (χ0n) is 17.1. The van der Waals surface area contributed by atoms with Gasteiger partial charge in [0.1, 0.15) is 12.0 Å². The molecule has 1 saturated heterocycles.